The van der Waals surface area contributed by atoms with E-state index < -0.39 is 5.24 Å². The van der Waals surface area contributed by atoms with E-state index in [9.17, 15) is 4.79 Å². The van der Waals surface area contributed by atoms with Gasteiger partial charge in [-0.1, -0.05) is 0 Å². The molecule has 2 aromatic heterocycles. The van der Waals surface area contributed by atoms with Gasteiger partial charge in [0.25, 0.3) is 5.24 Å². The van der Waals surface area contributed by atoms with Gasteiger partial charge in [0.2, 0.25) is 0 Å². The highest BCUT2D eigenvalue weighted by Gasteiger charge is 2.07. The van der Waals surface area contributed by atoms with Crippen LogP contribution >= 0.6 is 22.9 Å². The number of thiophene rings is 1. The van der Waals surface area contributed by atoms with E-state index in [1.807, 2.05) is 0 Å². The molecule has 0 aromatic carbocycles. The summed E-state index contributed by atoms with van der Waals surface area (Å²) in [6.45, 7) is 0. The first kappa shape index (κ1) is 7.64. The fourth-order valence-corrected chi connectivity index (χ4v) is 1.83. The Hall–Kier alpha value is -1.00. The van der Waals surface area contributed by atoms with Crippen molar-refractivity contribution in [3.8, 4) is 0 Å². The second-order valence-corrected chi connectivity index (χ2v) is 3.51. The third kappa shape index (κ3) is 1.19. The maximum atomic E-state index is 10.7. The number of rotatable bonds is 1. The molecular formula is C7H3ClN2OS. The summed E-state index contributed by atoms with van der Waals surface area (Å²) in [5.41, 5.74) is 0.714. The maximum Gasteiger partial charge on any atom is 0.262 e. The van der Waals surface area contributed by atoms with E-state index in [0.29, 0.717) is 10.4 Å². The van der Waals surface area contributed by atoms with E-state index in [-0.39, 0.29) is 0 Å². The fraction of sp³-hybridized carbons (Fsp3) is 0. The Kier molecular flexibility index (Phi) is 1.78. The lowest BCUT2D eigenvalue weighted by Gasteiger charge is -1.81. The molecule has 0 saturated carbocycles. The Morgan fingerprint density at radius 1 is 1.42 bits per heavy atom. The van der Waals surface area contributed by atoms with Crippen molar-refractivity contribution in [2.75, 3.05) is 0 Å². The Balaban J connectivity index is 2.70. The molecule has 0 aliphatic rings. The van der Waals surface area contributed by atoms with Gasteiger partial charge >= 0.3 is 0 Å². The summed E-state index contributed by atoms with van der Waals surface area (Å²) in [4.78, 5) is 20.0. The van der Waals surface area contributed by atoms with E-state index in [0.717, 1.165) is 4.83 Å². The molecule has 0 radical (unpaired) electrons. The Bertz CT molecular complexity index is 407. The quantitative estimate of drug-likeness (QED) is 0.659. The van der Waals surface area contributed by atoms with Gasteiger partial charge < -0.3 is 0 Å². The largest absolute Gasteiger partial charge is 0.275 e. The van der Waals surface area contributed by atoms with Crippen molar-refractivity contribution in [3.63, 3.8) is 0 Å². The molecule has 0 aliphatic carbocycles. The van der Waals surface area contributed by atoms with Crippen molar-refractivity contribution in [2.45, 2.75) is 0 Å². The van der Waals surface area contributed by atoms with Crippen LogP contribution in [0.25, 0.3) is 10.3 Å². The van der Waals surface area contributed by atoms with Crippen molar-refractivity contribution in [3.05, 3.63) is 23.3 Å². The van der Waals surface area contributed by atoms with Gasteiger partial charge in [0.15, 0.2) is 0 Å². The predicted octanol–water partition coefficient (Wildman–Crippen LogP) is 2.07. The summed E-state index contributed by atoms with van der Waals surface area (Å²) in [7, 11) is 0. The standard InChI is InChI=1S/C7H3ClN2OS/c8-6(11)5-3-4-7(12-5)10-2-1-9-4/h1-3H. The number of fused-ring (bicyclic) bond motifs is 1. The second-order valence-electron chi connectivity index (χ2n) is 2.13. The van der Waals surface area contributed by atoms with Gasteiger partial charge in [-0.15, -0.1) is 11.3 Å². The lowest BCUT2D eigenvalue weighted by molar-refractivity contribution is 0.108. The van der Waals surface area contributed by atoms with Crippen molar-refractivity contribution in [2.24, 2.45) is 0 Å². The summed E-state index contributed by atoms with van der Waals surface area (Å²) in [5, 5.41) is -0.459. The highest BCUT2D eigenvalue weighted by Crippen LogP contribution is 2.22. The van der Waals surface area contributed by atoms with Crippen molar-refractivity contribution in [1.82, 2.24) is 9.97 Å². The second kappa shape index (κ2) is 2.80. The third-order valence-electron chi connectivity index (χ3n) is 1.36. The Morgan fingerprint density at radius 2 is 2.17 bits per heavy atom. The first-order valence-electron chi connectivity index (χ1n) is 3.18. The average molecular weight is 199 g/mol. The molecule has 5 heteroatoms. The number of aromatic nitrogens is 2. The lowest BCUT2D eigenvalue weighted by atomic mass is 10.4. The van der Waals surface area contributed by atoms with E-state index in [4.69, 9.17) is 11.6 Å². The van der Waals surface area contributed by atoms with Crippen LogP contribution in [0.2, 0.25) is 0 Å². The molecule has 2 rings (SSSR count). The number of carbonyl (C=O) groups excluding carboxylic acids is 1. The molecule has 0 amide bonds. The summed E-state index contributed by atoms with van der Waals surface area (Å²) in [5.74, 6) is 0. The van der Waals surface area contributed by atoms with E-state index in [1.165, 1.54) is 11.3 Å². The minimum absolute atomic E-state index is 0.459. The van der Waals surface area contributed by atoms with E-state index >= 15 is 0 Å². The number of carbonyl (C=O) groups is 1. The number of nitrogens with zero attached hydrogens (tertiary/aromatic N) is 2. The molecule has 12 heavy (non-hydrogen) atoms. The minimum atomic E-state index is -0.459. The molecule has 3 nitrogen and oxygen atoms in total. The number of hydrogen-bond acceptors (Lipinski definition) is 4. The van der Waals surface area contributed by atoms with Crippen LogP contribution < -0.4 is 0 Å². The normalized spacial score (nSPS) is 10.4. The molecule has 2 heterocycles. The van der Waals surface area contributed by atoms with Gasteiger partial charge in [0.1, 0.15) is 10.3 Å². The topological polar surface area (TPSA) is 42.9 Å². The minimum Gasteiger partial charge on any atom is -0.275 e. The van der Waals surface area contributed by atoms with Crippen LogP contribution in [0, 0.1) is 0 Å². The monoisotopic (exact) mass is 198 g/mol. The van der Waals surface area contributed by atoms with Gasteiger partial charge in [-0.3, -0.25) is 9.78 Å². The summed E-state index contributed by atoms with van der Waals surface area (Å²) < 4.78 is 0. The number of halogens is 1. The third-order valence-corrected chi connectivity index (χ3v) is 2.71. The van der Waals surface area contributed by atoms with Crippen molar-refractivity contribution < 1.29 is 4.79 Å². The molecule has 0 N–H and O–H groups in total. The zero-order chi connectivity index (χ0) is 8.55. The molecule has 0 atom stereocenters. The van der Waals surface area contributed by atoms with Crippen LogP contribution in [0.15, 0.2) is 18.5 Å². The lowest BCUT2D eigenvalue weighted by Crippen LogP contribution is -1.78. The molecule has 0 unspecified atom stereocenters. The van der Waals surface area contributed by atoms with Crippen LogP contribution in [0.5, 0.6) is 0 Å². The maximum absolute atomic E-state index is 10.7. The zero-order valence-electron chi connectivity index (χ0n) is 5.82. The summed E-state index contributed by atoms with van der Waals surface area (Å²) >= 11 is 6.54. The molecule has 0 spiro atoms. The molecule has 0 saturated heterocycles. The smallest absolute Gasteiger partial charge is 0.262 e. The van der Waals surface area contributed by atoms with Crippen LogP contribution in [0.4, 0.5) is 0 Å². The van der Waals surface area contributed by atoms with Crippen LogP contribution in [0.1, 0.15) is 9.67 Å². The molecule has 2 aromatic rings. The first-order chi connectivity index (χ1) is 5.77. The number of hydrogen-bond donors (Lipinski definition) is 0. The molecule has 0 fully saturated rings. The van der Waals surface area contributed by atoms with E-state index in [1.54, 1.807) is 18.5 Å². The van der Waals surface area contributed by atoms with Crippen LogP contribution in [-0.2, 0) is 0 Å². The summed E-state index contributed by atoms with van der Waals surface area (Å²) in [6.07, 6.45) is 3.17. The van der Waals surface area contributed by atoms with Gasteiger partial charge in [-0.2, -0.15) is 0 Å². The highest BCUT2D eigenvalue weighted by atomic mass is 35.5. The summed E-state index contributed by atoms with van der Waals surface area (Å²) in [6, 6.07) is 1.64. The van der Waals surface area contributed by atoms with Gasteiger partial charge in [0.05, 0.1) is 4.88 Å². The average Bonchev–Trinajstić information content (AvgIpc) is 2.46. The first-order valence-corrected chi connectivity index (χ1v) is 4.37. The molecular weight excluding hydrogens is 196 g/mol. The van der Waals surface area contributed by atoms with Gasteiger partial charge in [-0.25, -0.2) is 4.98 Å². The van der Waals surface area contributed by atoms with Crippen molar-refractivity contribution >= 4 is 38.5 Å². The molecule has 0 aliphatic heterocycles. The Labute approximate surface area is 77.0 Å². The zero-order valence-corrected chi connectivity index (χ0v) is 7.39. The fourth-order valence-electron chi connectivity index (χ4n) is 0.868. The highest BCUT2D eigenvalue weighted by molar-refractivity contribution is 7.21. The van der Waals surface area contributed by atoms with Gasteiger partial charge in [0, 0.05) is 12.4 Å². The molecule has 0 bridgehead atoms. The van der Waals surface area contributed by atoms with Gasteiger partial charge in [-0.05, 0) is 17.7 Å². The van der Waals surface area contributed by atoms with Crippen molar-refractivity contribution in [1.29, 1.82) is 0 Å². The van der Waals surface area contributed by atoms with Crippen LogP contribution in [-0.4, -0.2) is 15.2 Å². The SMILES string of the molecule is O=C(Cl)c1cc2nccnc2s1. The van der Waals surface area contributed by atoms with Crippen LogP contribution in [0.3, 0.4) is 0 Å². The molecule has 60 valence electrons. The van der Waals surface area contributed by atoms with E-state index in [2.05, 4.69) is 9.97 Å². The predicted molar refractivity (Wildman–Crippen MR) is 47.6 cm³/mol. The Morgan fingerprint density at radius 3 is 2.83 bits per heavy atom.